The predicted molar refractivity (Wildman–Crippen MR) is 120 cm³/mol. The number of fused-ring (bicyclic) bond motifs is 2. The summed E-state index contributed by atoms with van der Waals surface area (Å²) in [7, 11) is 1.47. The number of hydrogen-bond donors (Lipinski definition) is 0. The average Bonchev–Trinajstić information content (AvgIpc) is 3.02. The predicted octanol–water partition coefficient (Wildman–Crippen LogP) is 4.97. The number of thiophene rings is 1. The van der Waals surface area contributed by atoms with Crippen molar-refractivity contribution in [1.82, 2.24) is 14.9 Å². The van der Waals surface area contributed by atoms with E-state index in [0.29, 0.717) is 26.9 Å². The molecular formula is C24H22F3N3O3S. The highest BCUT2D eigenvalue weighted by Gasteiger charge is 2.72. The summed E-state index contributed by atoms with van der Waals surface area (Å²) in [6.45, 7) is 5.62. The Labute approximate surface area is 197 Å². The van der Waals surface area contributed by atoms with Crippen LogP contribution in [0.2, 0.25) is 0 Å². The van der Waals surface area contributed by atoms with Gasteiger partial charge in [0.2, 0.25) is 11.8 Å². The number of amides is 2. The Morgan fingerprint density at radius 3 is 2.44 bits per heavy atom. The molecule has 0 N–H and O–H groups in total. The first-order chi connectivity index (χ1) is 15.9. The van der Waals surface area contributed by atoms with Crippen molar-refractivity contribution in [2.75, 3.05) is 7.11 Å². The molecule has 0 radical (unpaired) electrons. The standard InChI is InChI=1S/C24H22F3N3O3S/c1-11-15(10-33-4)14(8-17(29-11)24(25,26)27)13-5-6-28-16-7-12(34-20(13)16)9-30-21(31)18-19(22(30)32)23(18,2)3/h5-8,18-19H,9-10H2,1-4H3. The molecule has 2 unspecified atom stereocenters. The summed E-state index contributed by atoms with van der Waals surface area (Å²) in [4.78, 5) is 35.6. The van der Waals surface area contributed by atoms with Gasteiger partial charge in [-0.1, -0.05) is 13.8 Å². The maximum absolute atomic E-state index is 13.5. The van der Waals surface area contributed by atoms with Gasteiger partial charge in [-0.25, -0.2) is 4.98 Å². The molecule has 0 bridgehead atoms. The van der Waals surface area contributed by atoms with Crippen molar-refractivity contribution in [1.29, 1.82) is 0 Å². The first-order valence-corrected chi connectivity index (χ1v) is 11.6. The monoisotopic (exact) mass is 489 g/mol. The molecular weight excluding hydrogens is 467 g/mol. The van der Waals surface area contributed by atoms with Crippen LogP contribution in [0.3, 0.4) is 0 Å². The minimum absolute atomic E-state index is 0.101. The number of rotatable bonds is 5. The first kappa shape index (κ1) is 22.9. The molecule has 178 valence electrons. The van der Waals surface area contributed by atoms with Gasteiger partial charge in [0, 0.05) is 35.0 Å². The van der Waals surface area contributed by atoms with Gasteiger partial charge in [-0.2, -0.15) is 13.2 Å². The van der Waals surface area contributed by atoms with E-state index in [0.717, 1.165) is 10.9 Å². The van der Waals surface area contributed by atoms with E-state index < -0.39 is 11.9 Å². The van der Waals surface area contributed by atoms with Crippen LogP contribution in [0, 0.1) is 24.2 Å². The van der Waals surface area contributed by atoms with E-state index >= 15 is 0 Å². The van der Waals surface area contributed by atoms with Crippen molar-refractivity contribution >= 4 is 33.4 Å². The summed E-state index contributed by atoms with van der Waals surface area (Å²) >= 11 is 1.32. The number of imide groups is 1. The number of ether oxygens (including phenoxy) is 1. The number of aryl methyl sites for hydroxylation is 1. The van der Waals surface area contributed by atoms with Gasteiger partial charge in [0.1, 0.15) is 5.69 Å². The van der Waals surface area contributed by atoms with Crippen molar-refractivity contribution in [3.8, 4) is 11.1 Å². The van der Waals surface area contributed by atoms with Gasteiger partial charge in [0.05, 0.1) is 35.2 Å². The minimum Gasteiger partial charge on any atom is -0.380 e. The number of hydrogen-bond acceptors (Lipinski definition) is 6. The van der Waals surface area contributed by atoms with E-state index in [1.54, 1.807) is 12.1 Å². The summed E-state index contributed by atoms with van der Waals surface area (Å²) in [5.41, 5.74) is 1.08. The van der Waals surface area contributed by atoms with Crippen LogP contribution in [0.1, 0.15) is 35.7 Å². The number of pyridine rings is 2. The van der Waals surface area contributed by atoms with Crippen molar-refractivity contribution < 1.29 is 27.5 Å². The fourth-order valence-electron chi connectivity index (χ4n) is 5.00. The van der Waals surface area contributed by atoms with Gasteiger partial charge in [0.15, 0.2) is 0 Å². The second kappa shape index (κ2) is 7.58. The summed E-state index contributed by atoms with van der Waals surface area (Å²) in [5.74, 6) is -0.847. The highest BCUT2D eigenvalue weighted by Crippen LogP contribution is 2.63. The van der Waals surface area contributed by atoms with Gasteiger partial charge in [0.25, 0.3) is 0 Å². The molecule has 2 fully saturated rings. The number of nitrogens with zero attached hydrogens (tertiary/aromatic N) is 3. The summed E-state index contributed by atoms with van der Waals surface area (Å²) in [6, 6.07) is 4.49. The molecule has 1 aliphatic heterocycles. The molecule has 2 amide bonds. The Balaban J connectivity index is 1.56. The zero-order valence-corrected chi connectivity index (χ0v) is 19.8. The molecule has 2 atom stereocenters. The quantitative estimate of drug-likeness (QED) is 0.473. The number of piperidine rings is 1. The molecule has 5 rings (SSSR count). The molecule has 3 aromatic heterocycles. The van der Waals surface area contributed by atoms with Crippen LogP contribution in [0.25, 0.3) is 21.3 Å². The Morgan fingerprint density at radius 1 is 1.15 bits per heavy atom. The van der Waals surface area contributed by atoms with Crippen LogP contribution in [0.4, 0.5) is 13.2 Å². The number of aromatic nitrogens is 2. The van der Waals surface area contributed by atoms with Gasteiger partial charge < -0.3 is 4.74 Å². The topological polar surface area (TPSA) is 72.4 Å². The molecule has 6 nitrogen and oxygen atoms in total. The fraction of sp³-hybridized carbons (Fsp3) is 0.417. The van der Waals surface area contributed by atoms with Crippen LogP contribution in [0.15, 0.2) is 24.4 Å². The third-order valence-electron chi connectivity index (χ3n) is 6.87. The molecule has 34 heavy (non-hydrogen) atoms. The zero-order chi connectivity index (χ0) is 24.6. The van der Waals surface area contributed by atoms with Crippen molar-refractivity contribution in [2.24, 2.45) is 17.3 Å². The maximum atomic E-state index is 13.5. The van der Waals surface area contributed by atoms with Gasteiger partial charge in [-0.05, 0) is 36.1 Å². The van der Waals surface area contributed by atoms with Crippen LogP contribution in [-0.4, -0.2) is 33.8 Å². The van der Waals surface area contributed by atoms with Crippen molar-refractivity contribution in [2.45, 2.75) is 40.1 Å². The third kappa shape index (κ3) is 3.42. The highest BCUT2D eigenvalue weighted by molar-refractivity contribution is 7.19. The van der Waals surface area contributed by atoms with E-state index in [1.165, 1.54) is 36.5 Å². The van der Waals surface area contributed by atoms with E-state index in [4.69, 9.17) is 4.74 Å². The van der Waals surface area contributed by atoms with E-state index in [1.807, 2.05) is 13.8 Å². The number of halogens is 3. The second-order valence-electron chi connectivity index (χ2n) is 9.37. The summed E-state index contributed by atoms with van der Waals surface area (Å²) < 4.78 is 46.5. The van der Waals surface area contributed by atoms with Crippen molar-refractivity contribution in [3.05, 3.63) is 46.2 Å². The van der Waals surface area contributed by atoms with Crippen molar-refractivity contribution in [3.63, 3.8) is 0 Å². The van der Waals surface area contributed by atoms with Crippen LogP contribution < -0.4 is 0 Å². The average molecular weight is 490 g/mol. The summed E-state index contributed by atoms with van der Waals surface area (Å²) in [6.07, 6.45) is -3.05. The Morgan fingerprint density at radius 2 is 1.82 bits per heavy atom. The second-order valence-corrected chi connectivity index (χ2v) is 10.5. The Hall–Kier alpha value is -2.85. The molecule has 0 spiro atoms. The lowest BCUT2D eigenvalue weighted by atomic mass is 9.98. The van der Waals surface area contributed by atoms with Crippen LogP contribution >= 0.6 is 11.3 Å². The largest absolute Gasteiger partial charge is 0.433 e. The van der Waals surface area contributed by atoms with E-state index in [9.17, 15) is 22.8 Å². The number of carbonyl (C=O) groups excluding carboxylic acids is 2. The Kier molecular flexibility index (Phi) is 5.11. The van der Waals surface area contributed by atoms with Crippen LogP contribution in [0.5, 0.6) is 0 Å². The van der Waals surface area contributed by atoms with E-state index in [2.05, 4.69) is 9.97 Å². The lowest BCUT2D eigenvalue weighted by molar-refractivity contribution is -0.144. The lowest BCUT2D eigenvalue weighted by Crippen LogP contribution is -2.35. The first-order valence-electron chi connectivity index (χ1n) is 10.7. The molecule has 1 aliphatic carbocycles. The van der Waals surface area contributed by atoms with Gasteiger partial charge in [-0.15, -0.1) is 11.3 Å². The Bertz CT molecular complexity index is 1320. The normalized spacial score (nSPS) is 21.4. The molecule has 1 saturated heterocycles. The zero-order valence-electron chi connectivity index (χ0n) is 19.0. The molecule has 3 aromatic rings. The SMILES string of the molecule is COCc1c(-c2ccnc3cc(CN4C(=O)C5C(C4=O)C5(C)C)sc23)cc(C(F)(F)F)nc1C. The molecule has 4 heterocycles. The molecule has 1 saturated carbocycles. The fourth-order valence-corrected chi connectivity index (χ4v) is 6.13. The number of alkyl halides is 3. The molecule has 2 aliphatic rings. The smallest absolute Gasteiger partial charge is 0.380 e. The molecule has 10 heteroatoms. The van der Waals surface area contributed by atoms with Crippen LogP contribution in [-0.2, 0) is 33.7 Å². The van der Waals surface area contributed by atoms with Gasteiger partial charge >= 0.3 is 6.18 Å². The van der Waals surface area contributed by atoms with E-state index in [-0.39, 0.29) is 47.9 Å². The third-order valence-corrected chi connectivity index (χ3v) is 8.01. The number of carbonyl (C=O) groups is 2. The van der Waals surface area contributed by atoms with Gasteiger partial charge in [-0.3, -0.25) is 19.5 Å². The summed E-state index contributed by atoms with van der Waals surface area (Å²) in [5, 5.41) is 0. The lowest BCUT2D eigenvalue weighted by Gasteiger charge is -2.19. The molecule has 0 aromatic carbocycles. The minimum atomic E-state index is -4.59. The maximum Gasteiger partial charge on any atom is 0.433 e. The number of likely N-dealkylation sites (tertiary alicyclic amines) is 1. The highest BCUT2D eigenvalue weighted by atomic mass is 32.1. The number of methoxy groups -OCH3 is 1.